The Morgan fingerprint density at radius 3 is 2.28 bits per heavy atom. The summed E-state index contributed by atoms with van der Waals surface area (Å²) >= 11 is 0. The molecular weight excluding hydrogens is 230 g/mol. The monoisotopic (exact) mass is 259 g/mol. The molecule has 5 nitrogen and oxygen atoms in total. The molecule has 0 heterocycles. The molecule has 0 radical (unpaired) electrons. The second-order valence-electron chi connectivity index (χ2n) is 5.10. The van der Waals surface area contributed by atoms with Crippen LogP contribution in [-0.4, -0.2) is 55.7 Å². The fourth-order valence-electron chi connectivity index (χ4n) is 1.93. The van der Waals surface area contributed by atoms with Gasteiger partial charge in [-0.15, -0.1) is 0 Å². The largest absolute Gasteiger partial charge is 0.385 e. The highest BCUT2D eigenvalue weighted by Crippen LogP contribution is 2.03. The number of ether oxygens (including phenoxy) is 1. The van der Waals surface area contributed by atoms with Gasteiger partial charge in [-0.3, -0.25) is 9.69 Å². The molecule has 1 amide bonds. The number of carbonyl (C=O) groups is 1. The number of nitrogens with two attached hydrogens (primary N) is 1. The molecule has 18 heavy (non-hydrogen) atoms. The van der Waals surface area contributed by atoms with Crippen LogP contribution in [0.1, 0.15) is 34.1 Å². The molecule has 1 unspecified atom stereocenters. The van der Waals surface area contributed by atoms with E-state index in [2.05, 4.69) is 37.9 Å². The summed E-state index contributed by atoms with van der Waals surface area (Å²) in [5.74, 6) is -0.0977. The van der Waals surface area contributed by atoms with E-state index < -0.39 is 6.04 Å². The van der Waals surface area contributed by atoms with Crippen molar-refractivity contribution in [2.75, 3.05) is 26.8 Å². The summed E-state index contributed by atoms with van der Waals surface area (Å²) in [5, 5.41) is 2.87. The van der Waals surface area contributed by atoms with Crippen molar-refractivity contribution in [2.24, 2.45) is 5.73 Å². The Morgan fingerprint density at radius 2 is 1.83 bits per heavy atom. The van der Waals surface area contributed by atoms with Crippen molar-refractivity contribution in [2.45, 2.75) is 52.2 Å². The molecule has 0 aromatic rings. The van der Waals surface area contributed by atoms with Crippen LogP contribution in [0.4, 0.5) is 0 Å². The summed E-state index contributed by atoms with van der Waals surface area (Å²) in [5.41, 5.74) is 5.73. The predicted octanol–water partition coefficient (Wildman–Crippen LogP) is 0.585. The minimum absolute atomic E-state index is 0.0977. The van der Waals surface area contributed by atoms with Crippen molar-refractivity contribution in [3.63, 3.8) is 0 Å². The Balaban J connectivity index is 3.91. The molecule has 3 N–H and O–H groups in total. The van der Waals surface area contributed by atoms with Gasteiger partial charge in [-0.25, -0.2) is 0 Å². The van der Waals surface area contributed by atoms with Gasteiger partial charge in [-0.1, -0.05) is 0 Å². The first-order chi connectivity index (χ1) is 8.40. The molecular formula is C13H29N3O2. The topological polar surface area (TPSA) is 67.6 Å². The van der Waals surface area contributed by atoms with Gasteiger partial charge in [0.2, 0.25) is 5.91 Å². The average molecular weight is 259 g/mol. The molecule has 0 aliphatic rings. The fraction of sp³-hybridized carbons (Fsp3) is 0.923. The second-order valence-corrected chi connectivity index (χ2v) is 5.10. The third-order valence-electron chi connectivity index (χ3n) is 2.97. The molecule has 108 valence electrons. The van der Waals surface area contributed by atoms with E-state index in [9.17, 15) is 4.79 Å². The van der Waals surface area contributed by atoms with Crippen LogP contribution in [-0.2, 0) is 9.53 Å². The van der Waals surface area contributed by atoms with Crippen LogP contribution < -0.4 is 11.1 Å². The molecule has 0 saturated carbocycles. The molecule has 0 aliphatic heterocycles. The van der Waals surface area contributed by atoms with Gasteiger partial charge in [0.05, 0.1) is 6.04 Å². The number of carbonyl (C=O) groups excluding carboxylic acids is 1. The first kappa shape index (κ1) is 17.4. The maximum atomic E-state index is 11.7. The minimum Gasteiger partial charge on any atom is -0.385 e. The van der Waals surface area contributed by atoms with Crippen LogP contribution >= 0.6 is 0 Å². The average Bonchev–Trinajstić information content (AvgIpc) is 2.30. The number of hydrogen-bond acceptors (Lipinski definition) is 4. The Hall–Kier alpha value is -0.650. The van der Waals surface area contributed by atoms with Crippen LogP contribution in [0.5, 0.6) is 0 Å². The predicted molar refractivity (Wildman–Crippen MR) is 74.5 cm³/mol. The SMILES string of the molecule is COCCC(N)C(=O)NCCN(C(C)C)C(C)C. The lowest BCUT2D eigenvalue weighted by Gasteiger charge is -2.30. The van der Waals surface area contributed by atoms with Crippen LogP contribution in [0.25, 0.3) is 0 Å². The Morgan fingerprint density at radius 1 is 1.28 bits per heavy atom. The van der Waals surface area contributed by atoms with Gasteiger partial charge >= 0.3 is 0 Å². The molecule has 1 atom stereocenters. The zero-order valence-electron chi connectivity index (χ0n) is 12.4. The number of amides is 1. The molecule has 0 saturated heterocycles. The Kier molecular flexibility index (Phi) is 8.97. The van der Waals surface area contributed by atoms with Gasteiger partial charge in [0.15, 0.2) is 0 Å². The summed E-state index contributed by atoms with van der Waals surface area (Å²) in [7, 11) is 1.60. The van der Waals surface area contributed by atoms with Crippen molar-refractivity contribution in [3.8, 4) is 0 Å². The first-order valence-corrected chi connectivity index (χ1v) is 6.68. The van der Waals surface area contributed by atoms with E-state index in [1.54, 1.807) is 7.11 Å². The molecule has 0 bridgehead atoms. The lowest BCUT2D eigenvalue weighted by Crippen LogP contribution is -2.46. The van der Waals surface area contributed by atoms with Crippen molar-refractivity contribution in [1.29, 1.82) is 0 Å². The van der Waals surface area contributed by atoms with E-state index in [4.69, 9.17) is 10.5 Å². The Bertz CT molecular complexity index is 224. The summed E-state index contributed by atoms with van der Waals surface area (Å²) < 4.78 is 4.90. The Labute approximate surface area is 111 Å². The molecule has 5 heteroatoms. The van der Waals surface area contributed by atoms with Gasteiger partial charge in [0.1, 0.15) is 0 Å². The van der Waals surface area contributed by atoms with Gasteiger partial charge in [0, 0.05) is 38.9 Å². The van der Waals surface area contributed by atoms with E-state index in [-0.39, 0.29) is 5.91 Å². The second kappa shape index (κ2) is 9.30. The van der Waals surface area contributed by atoms with E-state index in [0.717, 1.165) is 6.54 Å². The van der Waals surface area contributed by atoms with Gasteiger partial charge in [-0.2, -0.15) is 0 Å². The van der Waals surface area contributed by atoms with Crippen LogP contribution in [0.3, 0.4) is 0 Å². The number of nitrogens with zero attached hydrogens (tertiary/aromatic N) is 1. The number of hydrogen-bond donors (Lipinski definition) is 2. The van der Waals surface area contributed by atoms with Crippen molar-refractivity contribution < 1.29 is 9.53 Å². The van der Waals surface area contributed by atoms with E-state index in [1.165, 1.54) is 0 Å². The summed E-state index contributed by atoms with van der Waals surface area (Å²) in [6.45, 7) is 10.6. The number of methoxy groups -OCH3 is 1. The molecule has 0 fully saturated rings. The molecule has 0 aromatic carbocycles. The van der Waals surface area contributed by atoms with Gasteiger partial charge in [-0.05, 0) is 34.1 Å². The quantitative estimate of drug-likeness (QED) is 0.636. The molecule has 0 rings (SSSR count). The first-order valence-electron chi connectivity index (χ1n) is 6.68. The highest BCUT2D eigenvalue weighted by molar-refractivity contribution is 5.81. The maximum Gasteiger partial charge on any atom is 0.237 e. The third kappa shape index (κ3) is 6.93. The fourth-order valence-corrected chi connectivity index (χ4v) is 1.93. The molecule has 0 aromatic heterocycles. The van der Waals surface area contributed by atoms with Crippen molar-refractivity contribution in [3.05, 3.63) is 0 Å². The van der Waals surface area contributed by atoms with E-state index in [1.807, 2.05) is 0 Å². The molecule has 0 spiro atoms. The highest BCUT2D eigenvalue weighted by Gasteiger charge is 2.15. The third-order valence-corrected chi connectivity index (χ3v) is 2.97. The smallest absolute Gasteiger partial charge is 0.237 e. The lowest BCUT2D eigenvalue weighted by atomic mass is 10.2. The standard InChI is InChI=1S/C13H29N3O2/c1-10(2)16(11(3)4)8-7-15-13(17)12(14)6-9-18-5/h10-12H,6-9,14H2,1-5H3,(H,15,17). The van der Waals surface area contributed by atoms with Crippen LogP contribution in [0.2, 0.25) is 0 Å². The van der Waals surface area contributed by atoms with Gasteiger partial charge < -0.3 is 15.8 Å². The minimum atomic E-state index is -0.475. The highest BCUT2D eigenvalue weighted by atomic mass is 16.5. The lowest BCUT2D eigenvalue weighted by molar-refractivity contribution is -0.122. The summed E-state index contributed by atoms with van der Waals surface area (Å²) in [6, 6.07) is 0.477. The van der Waals surface area contributed by atoms with Crippen LogP contribution in [0.15, 0.2) is 0 Å². The zero-order chi connectivity index (χ0) is 14.1. The van der Waals surface area contributed by atoms with Crippen molar-refractivity contribution in [1.82, 2.24) is 10.2 Å². The van der Waals surface area contributed by atoms with Crippen molar-refractivity contribution >= 4 is 5.91 Å². The number of rotatable bonds is 9. The molecule has 0 aliphatic carbocycles. The number of nitrogens with one attached hydrogen (secondary N) is 1. The summed E-state index contributed by atoms with van der Waals surface area (Å²) in [4.78, 5) is 14.0. The maximum absolute atomic E-state index is 11.7. The van der Waals surface area contributed by atoms with E-state index >= 15 is 0 Å². The zero-order valence-corrected chi connectivity index (χ0v) is 12.4. The van der Waals surface area contributed by atoms with Gasteiger partial charge in [0.25, 0.3) is 0 Å². The van der Waals surface area contributed by atoms with Crippen LogP contribution in [0, 0.1) is 0 Å². The normalized spacial score (nSPS) is 13.4. The van der Waals surface area contributed by atoms with E-state index in [0.29, 0.717) is 31.7 Å². The summed E-state index contributed by atoms with van der Waals surface area (Å²) in [6.07, 6.45) is 0.556.